The summed E-state index contributed by atoms with van der Waals surface area (Å²) >= 11 is 0.454. The van der Waals surface area contributed by atoms with Crippen LogP contribution in [0.1, 0.15) is 25.3 Å². The molecule has 0 unspecified atom stereocenters. The van der Waals surface area contributed by atoms with Crippen molar-refractivity contribution < 1.29 is 9.47 Å². The third kappa shape index (κ3) is 4.20. The van der Waals surface area contributed by atoms with Crippen molar-refractivity contribution in [2.75, 3.05) is 20.8 Å². The summed E-state index contributed by atoms with van der Waals surface area (Å²) in [6, 6.07) is 4.20. The number of unbranched alkanes of at least 4 members (excludes halogenated alkanes) is 1. The molecule has 0 aliphatic rings. The van der Waals surface area contributed by atoms with E-state index in [1.165, 1.54) is 22.6 Å². The second-order valence-corrected chi connectivity index (χ2v) is 6.44. The van der Waals surface area contributed by atoms with Crippen molar-refractivity contribution in [2.45, 2.75) is 31.5 Å². The number of hydrogen-bond acceptors (Lipinski definition) is 3. The van der Waals surface area contributed by atoms with E-state index in [2.05, 4.69) is 19.1 Å². The fraction of sp³-hybridized carbons (Fsp3) is 0.571. The molecule has 1 aromatic carbocycles. The minimum absolute atomic E-state index is 0.454. The summed E-state index contributed by atoms with van der Waals surface area (Å²) < 4.78 is 12.2. The standard InChI is InChI=1S/C14H23NO2Se/c1-4-5-8-18-14-10-12(16-2)11(6-7-15)9-13(14)17-3/h9-10H,4-8,15H2,1-3H3. The van der Waals surface area contributed by atoms with Crippen molar-refractivity contribution in [3.8, 4) is 11.5 Å². The predicted molar refractivity (Wildman–Crippen MR) is 77.4 cm³/mol. The van der Waals surface area contributed by atoms with Crippen LogP contribution in [-0.2, 0) is 6.42 Å². The first-order valence-corrected chi connectivity index (χ1v) is 8.41. The van der Waals surface area contributed by atoms with Gasteiger partial charge < -0.3 is 0 Å². The molecule has 0 aliphatic carbocycles. The number of hydrogen-bond donors (Lipinski definition) is 1. The molecular weight excluding hydrogens is 293 g/mol. The van der Waals surface area contributed by atoms with Crippen LogP contribution in [-0.4, -0.2) is 35.7 Å². The molecule has 0 saturated heterocycles. The number of benzene rings is 1. The van der Waals surface area contributed by atoms with Crippen LogP contribution in [0, 0.1) is 0 Å². The molecule has 0 bridgehead atoms. The predicted octanol–water partition coefficient (Wildman–Crippen LogP) is 1.75. The Morgan fingerprint density at radius 1 is 1.17 bits per heavy atom. The summed E-state index contributed by atoms with van der Waals surface area (Å²) in [5.74, 6) is 1.92. The van der Waals surface area contributed by atoms with Gasteiger partial charge >= 0.3 is 116 Å². The fourth-order valence-electron chi connectivity index (χ4n) is 1.72. The first kappa shape index (κ1) is 15.4. The molecule has 1 rings (SSSR count). The van der Waals surface area contributed by atoms with Crippen LogP contribution in [0.4, 0.5) is 0 Å². The Morgan fingerprint density at radius 2 is 1.89 bits per heavy atom. The van der Waals surface area contributed by atoms with E-state index in [-0.39, 0.29) is 0 Å². The van der Waals surface area contributed by atoms with Gasteiger partial charge in [-0.25, -0.2) is 0 Å². The van der Waals surface area contributed by atoms with E-state index in [9.17, 15) is 0 Å². The summed E-state index contributed by atoms with van der Waals surface area (Å²) in [4.78, 5) is 0. The van der Waals surface area contributed by atoms with Crippen LogP contribution in [0.2, 0.25) is 5.32 Å². The van der Waals surface area contributed by atoms with Crippen molar-refractivity contribution in [3.63, 3.8) is 0 Å². The van der Waals surface area contributed by atoms with E-state index >= 15 is 0 Å². The molecule has 0 aromatic heterocycles. The summed E-state index contributed by atoms with van der Waals surface area (Å²) in [5, 5.41) is 1.25. The van der Waals surface area contributed by atoms with E-state index in [1.807, 2.05) is 0 Å². The topological polar surface area (TPSA) is 44.5 Å². The molecule has 0 atom stereocenters. The van der Waals surface area contributed by atoms with Crippen molar-refractivity contribution in [1.29, 1.82) is 0 Å². The van der Waals surface area contributed by atoms with Crippen molar-refractivity contribution in [3.05, 3.63) is 17.7 Å². The molecule has 0 heterocycles. The van der Waals surface area contributed by atoms with Gasteiger partial charge in [0.25, 0.3) is 0 Å². The maximum atomic E-state index is 5.62. The Kier molecular flexibility index (Phi) is 7.18. The van der Waals surface area contributed by atoms with E-state index in [0.29, 0.717) is 21.5 Å². The molecule has 3 nitrogen and oxygen atoms in total. The molecule has 0 fully saturated rings. The maximum absolute atomic E-state index is 5.62. The molecule has 0 amide bonds. The van der Waals surface area contributed by atoms with Crippen LogP contribution >= 0.6 is 0 Å². The van der Waals surface area contributed by atoms with Gasteiger partial charge in [0.05, 0.1) is 0 Å². The summed E-state index contributed by atoms with van der Waals surface area (Å²) in [7, 11) is 3.44. The van der Waals surface area contributed by atoms with Crippen molar-refractivity contribution in [2.24, 2.45) is 5.73 Å². The van der Waals surface area contributed by atoms with Gasteiger partial charge in [0.2, 0.25) is 0 Å². The molecule has 0 aliphatic heterocycles. The van der Waals surface area contributed by atoms with E-state index in [1.54, 1.807) is 14.2 Å². The van der Waals surface area contributed by atoms with Crippen LogP contribution in [0.3, 0.4) is 0 Å². The molecule has 102 valence electrons. The van der Waals surface area contributed by atoms with Gasteiger partial charge in [-0.05, 0) is 0 Å². The van der Waals surface area contributed by atoms with E-state index < -0.39 is 0 Å². The number of ether oxygens (including phenoxy) is 2. The first-order valence-electron chi connectivity index (χ1n) is 6.34. The number of rotatable bonds is 8. The van der Waals surface area contributed by atoms with Crippen LogP contribution in [0.5, 0.6) is 11.5 Å². The van der Waals surface area contributed by atoms with E-state index in [4.69, 9.17) is 15.2 Å². The molecular formula is C14H23NO2Se. The average Bonchev–Trinajstić information content (AvgIpc) is 2.40. The summed E-state index contributed by atoms with van der Waals surface area (Å²) in [6.07, 6.45) is 3.34. The summed E-state index contributed by atoms with van der Waals surface area (Å²) in [6.45, 7) is 2.85. The van der Waals surface area contributed by atoms with Gasteiger partial charge in [0, 0.05) is 0 Å². The molecule has 18 heavy (non-hydrogen) atoms. The zero-order valence-corrected chi connectivity index (χ0v) is 13.2. The van der Waals surface area contributed by atoms with Crippen molar-refractivity contribution >= 4 is 19.4 Å². The normalized spacial score (nSPS) is 10.4. The Hall–Kier alpha value is -0.701. The zero-order chi connectivity index (χ0) is 13.4. The molecule has 0 radical (unpaired) electrons. The second kappa shape index (κ2) is 8.41. The van der Waals surface area contributed by atoms with Gasteiger partial charge in [0.1, 0.15) is 0 Å². The van der Waals surface area contributed by atoms with Gasteiger partial charge in [0.15, 0.2) is 0 Å². The van der Waals surface area contributed by atoms with Crippen molar-refractivity contribution in [1.82, 2.24) is 0 Å². The molecule has 2 N–H and O–H groups in total. The van der Waals surface area contributed by atoms with Gasteiger partial charge in [-0.3, -0.25) is 0 Å². The average molecular weight is 316 g/mol. The summed E-state index contributed by atoms with van der Waals surface area (Å²) in [5.41, 5.74) is 6.75. The first-order chi connectivity index (χ1) is 8.76. The third-order valence-corrected chi connectivity index (χ3v) is 5.09. The third-order valence-electron chi connectivity index (χ3n) is 2.74. The Labute approximate surface area is 116 Å². The molecule has 0 spiro atoms. The zero-order valence-electron chi connectivity index (χ0n) is 11.5. The Morgan fingerprint density at radius 3 is 2.44 bits per heavy atom. The van der Waals surface area contributed by atoms with Crippen LogP contribution in [0.15, 0.2) is 12.1 Å². The van der Waals surface area contributed by atoms with Crippen LogP contribution in [0.25, 0.3) is 0 Å². The molecule has 0 saturated carbocycles. The second-order valence-electron chi connectivity index (χ2n) is 4.06. The van der Waals surface area contributed by atoms with Gasteiger partial charge in [-0.15, -0.1) is 0 Å². The van der Waals surface area contributed by atoms with E-state index in [0.717, 1.165) is 23.5 Å². The SMILES string of the molecule is CCCC[Se]c1cc(OC)c(CCN)cc1OC. The fourth-order valence-corrected chi connectivity index (χ4v) is 4.09. The molecule has 1 aromatic rings. The molecule has 4 heteroatoms. The number of methoxy groups -OCH3 is 2. The monoisotopic (exact) mass is 317 g/mol. The van der Waals surface area contributed by atoms with Gasteiger partial charge in [-0.1, -0.05) is 0 Å². The minimum atomic E-state index is 0.454. The number of nitrogens with two attached hydrogens (primary N) is 1. The Balaban J connectivity index is 2.94. The Bertz CT molecular complexity index is 369. The quantitative estimate of drug-likeness (QED) is 0.587. The van der Waals surface area contributed by atoms with Crippen LogP contribution < -0.4 is 19.7 Å². The van der Waals surface area contributed by atoms with Gasteiger partial charge in [-0.2, -0.15) is 0 Å².